The number of hydrogen-bond donors (Lipinski definition) is 2. The summed E-state index contributed by atoms with van der Waals surface area (Å²) in [7, 11) is 1.63. The van der Waals surface area contributed by atoms with Crippen LogP contribution in [0.25, 0.3) is 0 Å². The van der Waals surface area contributed by atoms with Gasteiger partial charge in [0.25, 0.3) is 0 Å². The van der Waals surface area contributed by atoms with E-state index in [2.05, 4.69) is 10.6 Å². The van der Waals surface area contributed by atoms with Gasteiger partial charge in [0.1, 0.15) is 5.75 Å². The zero-order valence-corrected chi connectivity index (χ0v) is 17.1. The second-order valence-corrected chi connectivity index (χ2v) is 7.55. The minimum atomic E-state index is -0.656. The molecule has 3 rings (SSSR count). The monoisotopic (exact) mass is 416 g/mol. The van der Waals surface area contributed by atoms with Crippen LogP contribution < -0.4 is 15.4 Å². The van der Waals surface area contributed by atoms with E-state index in [9.17, 15) is 9.59 Å². The molecule has 0 spiro atoms. The summed E-state index contributed by atoms with van der Waals surface area (Å²) in [6.07, 6.45) is 1.54. The third-order valence-corrected chi connectivity index (χ3v) is 5.56. The molecule has 0 aliphatic carbocycles. The molecule has 154 valence electrons. The average Bonchev–Trinajstić information content (AvgIpc) is 2.77. The molecule has 0 aromatic heterocycles. The highest BCUT2D eigenvalue weighted by molar-refractivity contribution is 6.35. The van der Waals surface area contributed by atoms with Gasteiger partial charge in [-0.05, 0) is 48.2 Å². The Kier molecular flexibility index (Phi) is 7.12. The average molecular weight is 417 g/mol. The highest BCUT2D eigenvalue weighted by Gasteiger charge is 2.35. The number of methoxy groups -OCH3 is 1. The maximum absolute atomic E-state index is 12.3. The topological polar surface area (TPSA) is 76.7 Å². The molecule has 0 saturated carbocycles. The van der Waals surface area contributed by atoms with E-state index in [-0.39, 0.29) is 12.0 Å². The Morgan fingerprint density at radius 2 is 1.62 bits per heavy atom. The van der Waals surface area contributed by atoms with Crippen LogP contribution in [0.2, 0.25) is 5.02 Å². The predicted octanol–water partition coefficient (Wildman–Crippen LogP) is 2.83. The van der Waals surface area contributed by atoms with Crippen molar-refractivity contribution in [2.24, 2.45) is 0 Å². The fourth-order valence-corrected chi connectivity index (χ4v) is 3.59. The van der Waals surface area contributed by atoms with E-state index < -0.39 is 11.8 Å². The van der Waals surface area contributed by atoms with Crippen LogP contribution in [-0.4, -0.2) is 38.7 Å². The molecule has 0 atom stereocenters. The zero-order valence-electron chi connectivity index (χ0n) is 16.4. The molecule has 0 radical (unpaired) electrons. The molecule has 1 aliphatic heterocycles. The van der Waals surface area contributed by atoms with Crippen molar-refractivity contribution < 1.29 is 19.1 Å². The van der Waals surface area contributed by atoms with Crippen LogP contribution >= 0.6 is 11.6 Å². The van der Waals surface area contributed by atoms with Gasteiger partial charge in [0, 0.05) is 36.7 Å². The summed E-state index contributed by atoms with van der Waals surface area (Å²) in [5, 5.41) is 6.07. The van der Waals surface area contributed by atoms with Gasteiger partial charge in [-0.2, -0.15) is 0 Å². The van der Waals surface area contributed by atoms with Crippen molar-refractivity contribution >= 4 is 23.4 Å². The van der Waals surface area contributed by atoms with Gasteiger partial charge in [-0.3, -0.25) is 9.59 Å². The third-order valence-electron chi connectivity index (χ3n) is 5.31. The largest absolute Gasteiger partial charge is 0.497 e. The smallest absolute Gasteiger partial charge is 0.309 e. The van der Waals surface area contributed by atoms with E-state index in [0.29, 0.717) is 24.8 Å². The van der Waals surface area contributed by atoms with E-state index >= 15 is 0 Å². The van der Waals surface area contributed by atoms with Gasteiger partial charge < -0.3 is 20.1 Å². The first-order chi connectivity index (χ1) is 14.0. The van der Waals surface area contributed by atoms with Gasteiger partial charge in [-0.1, -0.05) is 35.9 Å². The van der Waals surface area contributed by atoms with Crippen LogP contribution in [0.5, 0.6) is 5.75 Å². The van der Waals surface area contributed by atoms with Crippen molar-refractivity contribution in [2.45, 2.75) is 24.8 Å². The summed E-state index contributed by atoms with van der Waals surface area (Å²) >= 11 is 5.85. The molecular formula is C22H25ClN2O4. The molecule has 7 heteroatoms. The Morgan fingerprint density at radius 1 is 1.00 bits per heavy atom. The van der Waals surface area contributed by atoms with Gasteiger partial charge in [0.05, 0.1) is 7.11 Å². The van der Waals surface area contributed by atoms with Crippen LogP contribution in [0.4, 0.5) is 0 Å². The molecule has 6 nitrogen and oxygen atoms in total. The Labute approximate surface area is 175 Å². The van der Waals surface area contributed by atoms with Gasteiger partial charge in [-0.25, -0.2) is 0 Å². The lowest BCUT2D eigenvalue weighted by atomic mass is 9.74. The number of carbonyl (C=O) groups excluding carboxylic acids is 2. The Balaban J connectivity index is 1.60. The molecule has 29 heavy (non-hydrogen) atoms. The lowest BCUT2D eigenvalue weighted by Crippen LogP contribution is -2.48. The van der Waals surface area contributed by atoms with Crippen LogP contribution in [0, 0.1) is 0 Å². The van der Waals surface area contributed by atoms with E-state index in [1.54, 1.807) is 31.4 Å². The van der Waals surface area contributed by atoms with Gasteiger partial charge in [0.2, 0.25) is 0 Å². The first kappa shape index (κ1) is 21.1. The Hall–Kier alpha value is -2.57. The second kappa shape index (κ2) is 9.76. The highest BCUT2D eigenvalue weighted by Crippen LogP contribution is 2.35. The maximum Gasteiger partial charge on any atom is 0.309 e. The van der Waals surface area contributed by atoms with Crippen molar-refractivity contribution in [3.8, 4) is 5.75 Å². The molecule has 1 saturated heterocycles. The normalized spacial score (nSPS) is 15.4. The summed E-state index contributed by atoms with van der Waals surface area (Å²) in [5.74, 6) is -0.517. The van der Waals surface area contributed by atoms with Crippen LogP contribution in [0.3, 0.4) is 0 Å². The molecule has 1 fully saturated rings. The fourth-order valence-electron chi connectivity index (χ4n) is 3.47. The summed E-state index contributed by atoms with van der Waals surface area (Å²) in [6, 6.07) is 14.9. The van der Waals surface area contributed by atoms with Crippen LogP contribution in [-0.2, 0) is 26.3 Å². The van der Waals surface area contributed by atoms with Gasteiger partial charge in [0.15, 0.2) is 0 Å². The molecule has 2 aromatic carbocycles. The van der Waals surface area contributed by atoms with Crippen molar-refractivity contribution in [3.63, 3.8) is 0 Å². The molecule has 0 unspecified atom stereocenters. The fraction of sp³-hybridized carbons (Fsp3) is 0.364. The summed E-state index contributed by atoms with van der Waals surface area (Å²) in [5.41, 5.74) is 1.70. The molecule has 1 heterocycles. The first-order valence-electron chi connectivity index (χ1n) is 9.55. The predicted molar refractivity (Wildman–Crippen MR) is 111 cm³/mol. The highest BCUT2D eigenvalue weighted by atomic mass is 35.5. The molecule has 0 bridgehead atoms. The maximum atomic E-state index is 12.3. The molecule has 1 aliphatic rings. The molecule has 2 N–H and O–H groups in total. The number of amides is 2. The Bertz CT molecular complexity index is 831. The number of ether oxygens (including phenoxy) is 2. The second-order valence-electron chi connectivity index (χ2n) is 7.11. The summed E-state index contributed by atoms with van der Waals surface area (Å²) in [6.45, 7) is 1.87. The van der Waals surface area contributed by atoms with E-state index in [0.717, 1.165) is 29.7 Å². The minimum Gasteiger partial charge on any atom is -0.497 e. The number of rotatable bonds is 6. The first-order valence-corrected chi connectivity index (χ1v) is 9.93. The van der Waals surface area contributed by atoms with Crippen molar-refractivity contribution in [2.75, 3.05) is 26.9 Å². The van der Waals surface area contributed by atoms with Gasteiger partial charge >= 0.3 is 11.8 Å². The minimum absolute atomic E-state index is 0.265. The standard InChI is InChI=1S/C22H25ClN2O4/c1-28-19-8-4-17(5-9-19)22(10-12-29-13-11-22)15-25-21(27)20(26)24-14-16-2-6-18(23)7-3-16/h2-9H,10-15H2,1H3,(H,24,26)(H,25,27). The number of carbonyl (C=O) groups is 2. The van der Waals surface area contributed by atoms with E-state index in [4.69, 9.17) is 21.1 Å². The van der Waals surface area contributed by atoms with Crippen molar-refractivity contribution in [1.29, 1.82) is 0 Å². The number of halogens is 1. The summed E-state index contributed by atoms with van der Waals surface area (Å²) < 4.78 is 10.7. The molecule has 2 amide bonds. The quantitative estimate of drug-likeness (QED) is 0.710. The van der Waals surface area contributed by atoms with Crippen LogP contribution in [0.15, 0.2) is 48.5 Å². The molecular weight excluding hydrogens is 392 g/mol. The number of nitrogens with one attached hydrogen (secondary N) is 2. The number of benzene rings is 2. The molecule has 2 aromatic rings. The van der Waals surface area contributed by atoms with Gasteiger partial charge in [-0.15, -0.1) is 0 Å². The van der Waals surface area contributed by atoms with Crippen LogP contribution in [0.1, 0.15) is 24.0 Å². The Morgan fingerprint density at radius 3 is 2.24 bits per heavy atom. The lowest BCUT2D eigenvalue weighted by molar-refractivity contribution is -0.139. The lowest BCUT2D eigenvalue weighted by Gasteiger charge is -2.38. The van der Waals surface area contributed by atoms with E-state index in [1.807, 2.05) is 24.3 Å². The van der Waals surface area contributed by atoms with Crippen molar-refractivity contribution in [1.82, 2.24) is 10.6 Å². The zero-order chi connectivity index (χ0) is 20.7. The third kappa shape index (κ3) is 5.49. The van der Waals surface area contributed by atoms with E-state index in [1.165, 1.54) is 0 Å². The number of hydrogen-bond acceptors (Lipinski definition) is 4. The summed E-state index contributed by atoms with van der Waals surface area (Å²) in [4.78, 5) is 24.5. The SMILES string of the molecule is COc1ccc(C2(CNC(=O)C(=O)NCc3ccc(Cl)cc3)CCOCC2)cc1. The van der Waals surface area contributed by atoms with Crippen molar-refractivity contribution in [3.05, 3.63) is 64.7 Å².